The zero-order valence-corrected chi connectivity index (χ0v) is 10.9. The Hall–Kier alpha value is -2.34. The molecule has 20 heavy (non-hydrogen) atoms. The van der Waals surface area contributed by atoms with Crippen LogP contribution < -0.4 is 15.8 Å². The molecule has 5 nitrogen and oxygen atoms in total. The van der Waals surface area contributed by atoms with Gasteiger partial charge in [0.15, 0.2) is 0 Å². The summed E-state index contributed by atoms with van der Waals surface area (Å²) in [6.45, 7) is 0.215. The molecule has 1 radical (unpaired) electrons. The second-order valence-corrected chi connectivity index (χ2v) is 4.61. The molecule has 0 spiro atoms. The van der Waals surface area contributed by atoms with E-state index < -0.39 is 11.8 Å². The summed E-state index contributed by atoms with van der Waals surface area (Å²) in [5.74, 6) is -0.537. The van der Waals surface area contributed by atoms with Crippen molar-refractivity contribution in [3.05, 3.63) is 53.1 Å². The summed E-state index contributed by atoms with van der Waals surface area (Å²) in [4.78, 5) is 15.5. The van der Waals surface area contributed by atoms with Gasteiger partial charge in [0.1, 0.15) is 11.5 Å². The van der Waals surface area contributed by atoms with Gasteiger partial charge in [-0.25, -0.2) is 14.2 Å². The van der Waals surface area contributed by atoms with Gasteiger partial charge in [-0.2, -0.15) is 0 Å². The summed E-state index contributed by atoms with van der Waals surface area (Å²) in [5, 5.41) is 2.73. The first kappa shape index (κ1) is 12.7. The number of anilines is 2. The van der Waals surface area contributed by atoms with Gasteiger partial charge in [0.2, 0.25) is 0 Å². The molecule has 7 heteroatoms. The summed E-state index contributed by atoms with van der Waals surface area (Å²) in [5.41, 5.74) is 6.65. The van der Waals surface area contributed by atoms with Crippen molar-refractivity contribution in [2.75, 3.05) is 10.0 Å². The van der Waals surface area contributed by atoms with Gasteiger partial charge in [-0.15, -0.1) is 0 Å². The van der Waals surface area contributed by atoms with Crippen molar-refractivity contribution in [2.24, 2.45) is 5.73 Å². The summed E-state index contributed by atoms with van der Waals surface area (Å²) in [7, 11) is 0. The van der Waals surface area contributed by atoms with E-state index in [0.717, 1.165) is 5.01 Å². The first-order valence-corrected chi connectivity index (χ1v) is 6.14. The maximum Gasteiger partial charge on any atom is 0.338 e. The standard InChI is InChI=1S/C13H9ClFN4O/c14-9-2-1-3-10(15)12(9)18-7-8-6-17-5-4-11(8)19(18)13(16)20/h1-5H,7H2,(H2,16,20). The van der Waals surface area contributed by atoms with Gasteiger partial charge in [0.05, 0.1) is 23.5 Å². The van der Waals surface area contributed by atoms with E-state index in [-0.39, 0.29) is 17.3 Å². The van der Waals surface area contributed by atoms with Crippen molar-refractivity contribution in [1.29, 1.82) is 0 Å². The van der Waals surface area contributed by atoms with Crippen LogP contribution in [0.15, 0.2) is 30.5 Å². The number of primary amides is 1. The summed E-state index contributed by atoms with van der Waals surface area (Å²) >= 11 is 6.04. The van der Waals surface area contributed by atoms with Gasteiger partial charge in [-0.1, -0.05) is 17.7 Å². The second-order valence-electron chi connectivity index (χ2n) is 4.20. The number of urea groups is 1. The van der Waals surface area contributed by atoms with Crippen LogP contribution in [-0.4, -0.2) is 11.0 Å². The lowest BCUT2D eigenvalue weighted by Crippen LogP contribution is -2.46. The Labute approximate surface area is 119 Å². The number of rotatable bonds is 1. The molecule has 2 aromatic rings. The first-order chi connectivity index (χ1) is 9.59. The fraction of sp³-hybridized carbons (Fsp3) is 0.0769. The number of nitrogens with two attached hydrogens (primary N) is 1. The Bertz CT molecular complexity index is 674. The van der Waals surface area contributed by atoms with E-state index in [1.807, 2.05) is 0 Å². The molecule has 0 fully saturated rings. The van der Waals surface area contributed by atoms with Crippen molar-refractivity contribution < 1.29 is 9.18 Å². The number of hydrazine groups is 1. The molecule has 0 bridgehead atoms. The lowest BCUT2D eigenvalue weighted by atomic mass is 10.2. The van der Waals surface area contributed by atoms with Gasteiger partial charge in [0.25, 0.3) is 0 Å². The van der Waals surface area contributed by atoms with Crippen LogP contribution in [0.25, 0.3) is 0 Å². The van der Waals surface area contributed by atoms with E-state index in [9.17, 15) is 9.18 Å². The highest BCUT2D eigenvalue weighted by atomic mass is 35.5. The van der Waals surface area contributed by atoms with Crippen LogP contribution >= 0.6 is 11.6 Å². The number of hydrogen-bond acceptors (Lipinski definition) is 3. The number of carbonyl (C=O) groups excluding carboxylic acids is 1. The smallest absolute Gasteiger partial charge is 0.338 e. The predicted molar refractivity (Wildman–Crippen MR) is 72.7 cm³/mol. The molecule has 2 heterocycles. The normalized spacial score (nSPS) is 13.5. The minimum Gasteiger partial charge on any atom is -0.350 e. The quantitative estimate of drug-likeness (QED) is 0.878. The highest BCUT2D eigenvalue weighted by molar-refractivity contribution is 6.33. The van der Waals surface area contributed by atoms with Crippen LogP contribution in [-0.2, 0) is 6.54 Å². The molecule has 0 saturated heterocycles. The number of nitrogens with zero attached hydrogens (tertiary/aromatic N) is 3. The minimum absolute atomic E-state index is 0.0950. The monoisotopic (exact) mass is 291 g/mol. The van der Waals surface area contributed by atoms with Gasteiger partial charge in [-0.05, 0) is 18.2 Å². The number of halogens is 2. The fourth-order valence-electron chi connectivity index (χ4n) is 2.20. The van der Waals surface area contributed by atoms with Crippen molar-refractivity contribution in [3.63, 3.8) is 0 Å². The molecule has 0 saturated carbocycles. The highest BCUT2D eigenvalue weighted by Gasteiger charge is 2.34. The van der Waals surface area contributed by atoms with E-state index in [0.29, 0.717) is 11.3 Å². The Morgan fingerprint density at radius 1 is 1.45 bits per heavy atom. The van der Waals surface area contributed by atoms with E-state index in [1.54, 1.807) is 12.1 Å². The molecule has 2 N–H and O–H groups in total. The van der Waals surface area contributed by atoms with Gasteiger partial charge in [0, 0.05) is 11.8 Å². The van der Waals surface area contributed by atoms with E-state index >= 15 is 0 Å². The number of fused-ring (bicyclic) bond motifs is 1. The van der Waals surface area contributed by atoms with Crippen molar-refractivity contribution in [2.45, 2.75) is 6.54 Å². The number of pyridine rings is 1. The van der Waals surface area contributed by atoms with Crippen LogP contribution in [0.2, 0.25) is 5.02 Å². The summed E-state index contributed by atoms with van der Waals surface area (Å²) in [6, 6.07) is 5.19. The molecule has 0 atom stereocenters. The first-order valence-electron chi connectivity index (χ1n) is 5.76. The lowest BCUT2D eigenvalue weighted by Gasteiger charge is -2.29. The minimum atomic E-state index is -0.734. The number of aromatic nitrogens is 1. The zero-order chi connectivity index (χ0) is 14.3. The number of benzene rings is 1. The maximum atomic E-state index is 14.0. The van der Waals surface area contributed by atoms with Crippen LogP contribution in [0.4, 0.5) is 20.6 Å². The van der Waals surface area contributed by atoms with Gasteiger partial charge < -0.3 is 5.73 Å². The average molecular weight is 292 g/mol. The van der Waals surface area contributed by atoms with Gasteiger partial charge in [-0.3, -0.25) is 9.99 Å². The SMILES string of the molecule is NC(=O)N1c2ccn[c]c2CN1c1c(F)cccc1Cl. The Morgan fingerprint density at radius 3 is 2.95 bits per heavy atom. The fourth-order valence-corrected chi connectivity index (χ4v) is 2.46. The molecule has 0 aliphatic carbocycles. The highest BCUT2D eigenvalue weighted by Crippen LogP contribution is 2.38. The van der Waals surface area contributed by atoms with Crippen molar-refractivity contribution in [1.82, 2.24) is 4.98 Å². The molecule has 1 aromatic carbocycles. The van der Waals surface area contributed by atoms with Crippen molar-refractivity contribution >= 4 is 29.0 Å². The molecule has 0 unspecified atom stereocenters. The Kier molecular flexibility index (Phi) is 2.94. The third kappa shape index (κ3) is 1.85. The molecular weight excluding hydrogens is 283 g/mol. The van der Waals surface area contributed by atoms with E-state index in [2.05, 4.69) is 11.2 Å². The largest absolute Gasteiger partial charge is 0.350 e. The average Bonchev–Trinajstić information content (AvgIpc) is 2.77. The maximum absolute atomic E-state index is 14.0. The second kappa shape index (κ2) is 4.64. The van der Waals surface area contributed by atoms with Crippen LogP contribution in [0.5, 0.6) is 0 Å². The number of hydrogen-bond donors (Lipinski definition) is 1. The molecule has 3 rings (SSSR count). The Morgan fingerprint density at radius 2 is 2.25 bits per heavy atom. The number of para-hydroxylation sites is 1. The molecule has 1 aliphatic rings. The molecule has 101 valence electrons. The van der Waals surface area contributed by atoms with E-state index in [1.165, 1.54) is 23.3 Å². The predicted octanol–water partition coefficient (Wildman–Crippen LogP) is 2.49. The van der Waals surface area contributed by atoms with Crippen LogP contribution in [0, 0.1) is 12.0 Å². The van der Waals surface area contributed by atoms with Crippen LogP contribution in [0.3, 0.4) is 0 Å². The third-order valence-electron chi connectivity index (χ3n) is 3.00. The molecule has 2 amide bonds. The number of amides is 2. The molecule has 1 aliphatic heterocycles. The van der Waals surface area contributed by atoms with Gasteiger partial charge >= 0.3 is 6.03 Å². The van der Waals surface area contributed by atoms with E-state index in [4.69, 9.17) is 17.3 Å². The molecular formula is C13H9ClFN4O. The Balaban J connectivity index is 2.14. The van der Waals surface area contributed by atoms with Crippen molar-refractivity contribution in [3.8, 4) is 0 Å². The zero-order valence-electron chi connectivity index (χ0n) is 10.2. The number of carbonyl (C=O) groups is 1. The lowest BCUT2D eigenvalue weighted by molar-refractivity contribution is 0.253. The van der Waals surface area contributed by atoms with Crippen LogP contribution in [0.1, 0.15) is 5.56 Å². The topological polar surface area (TPSA) is 62.5 Å². The molecule has 1 aromatic heterocycles. The summed E-state index contributed by atoms with van der Waals surface area (Å²) in [6.07, 6.45) is 4.25. The summed E-state index contributed by atoms with van der Waals surface area (Å²) < 4.78 is 14.0. The third-order valence-corrected chi connectivity index (χ3v) is 3.30.